The van der Waals surface area contributed by atoms with Gasteiger partial charge in [-0.2, -0.15) is 0 Å². The monoisotopic (exact) mass is 325 g/mol. The normalized spacial score (nSPS) is 18.6. The Labute approximate surface area is 122 Å². The molecule has 0 bridgehead atoms. The first kappa shape index (κ1) is 13.2. The molecule has 0 saturated heterocycles. The van der Waals surface area contributed by atoms with Gasteiger partial charge in [-0.3, -0.25) is 4.79 Å². The number of hydrogen-bond acceptors (Lipinski definition) is 2. The van der Waals surface area contributed by atoms with Crippen molar-refractivity contribution in [3.63, 3.8) is 0 Å². The van der Waals surface area contributed by atoms with E-state index in [0.717, 1.165) is 35.7 Å². The molecule has 0 spiro atoms. The van der Waals surface area contributed by atoms with Crippen molar-refractivity contribution in [1.82, 2.24) is 15.2 Å². The van der Waals surface area contributed by atoms with E-state index in [1.165, 1.54) is 25.7 Å². The van der Waals surface area contributed by atoms with E-state index < -0.39 is 0 Å². The maximum atomic E-state index is 12.1. The van der Waals surface area contributed by atoms with E-state index >= 15 is 0 Å². The van der Waals surface area contributed by atoms with E-state index in [-0.39, 0.29) is 5.91 Å². The van der Waals surface area contributed by atoms with Crippen LogP contribution in [0.15, 0.2) is 16.7 Å². The van der Waals surface area contributed by atoms with Crippen LogP contribution in [0.5, 0.6) is 0 Å². The minimum atomic E-state index is 0.0454. The van der Waals surface area contributed by atoms with Crippen molar-refractivity contribution in [2.45, 2.75) is 44.2 Å². The predicted octanol–water partition coefficient (Wildman–Crippen LogP) is 2.46. The lowest BCUT2D eigenvalue weighted by Gasteiger charge is -2.08. The van der Waals surface area contributed by atoms with Crippen molar-refractivity contribution in [1.29, 1.82) is 0 Å². The van der Waals surface area contributed by atoms with Crippen LogP contribution in [0, 0.1) is 0 Å². The molecule has 4 nitrogen and oxygen atoms in total. The minimum absolute atomic E-state index is 0.0454. The molecule has 2 aliphatic rings. The zero-order valence-corrected chi connectivity index (χ0v) is 12.6. The highest BCUT2D eigenvalue weighted by atomic mass is 79.9. The first-order valence-corrected chi connectivity index (χ1v) is 7.92. The predicted molar refractivity (Wildman–Crippen MR) is 78.4 cm³/mol. The molecule has 104 valence electrons. The summed E-state index contributed by atoms with van der Waals surface area (Å²) in [5.74, 6) is 0.0454. The van der Waals surface area contributed by atoms with Crippen molar-refractivity contribution in [3.05, 3.63) is 22.4 Å². The second-order valence-electron chi connectivity index (χ2n) is 5.52. The van der Waals surface area contributed by atoms with Gasteiger partial charge in [0.1, 0.15) is 5.69 Å². The zero-order valence-electron chi connectivity index (χ0n) is 11.0. The van der Waals surface area contributed by atoms with E-state index in [4.69, 9.17) is 0 Å². The van der Waals surface area contributed by atoms with Gasteiger partial charge in [-0.1, -0.05) is 0 Å². The number of nitrogens with one attached hydrogen (secondary N) is 2. The quantitative estimate of drug-likeness (QED) is 0.756. The van der Waals surface area contributed by atoms with Gasteiger partial charge < -0.3 is 15.2 Å². The maximum absolute atomic E-state index is 12.1. The van der Waals surface area contributed by atoms with Crippen LogP contribution in [-0.4, -0.2) is 29.6 Å². The van der Waals surface area contributed by atoms with Gasteiger partial charge in [0.15, 0.2) is 0 Å². The summed E-state index contributed by atoms with van der Waals surface area (Å²) in [6, 6.07) is 3.19. The summed E-state index contributed by atoms with van der Waals surface area (Å²) in [5, 5.41) is 6.46. The van der Waals surface area contributed by atoms with Crippen LogP contribution in [0.3, 0.4) is 0 Å². The van der Waals surface area contributed by atoms with E-state index in [1.807, 2.05) is 12.3 Å². The highest BCUT2D eigenvalue weighted by Gasteiger charge is 2.27. The Morgan fingerprint density at radius 3 is 2.79 bits per heavy atom. The smallest absolute Gasteiger partial charge is 0.267 e. The Hall–Kier alpha value is -0.810. The van der Waals surface area contributed by atoms with Gasteiger partial charge in [-0.15, -0.1) is 0 Å². The maximum Gasteiger partial charge on any atom is 0.267 e. The molecule has 0 aromatic carbocycles. The van der Waals surface area contributed by atoms with E-state index in [2.05, 4.69) is 31.1 Å². The molecule has 0 radical (unpaired) electrons. The highest BCUT2D eigenvalue weighted by molar-refractivity contribution is 9.10. The first-order valence-electron chi connectivity index (χ1n) is 7.13. The Morgan fingerprint density at radius 2 is 2.11 bits per heavy atom. The van der Waals surface area contributed by atoms with Crippen LogP contribution >= 0.6 is 15.9 Å². The number of amides is 1. The van der Waals surface area contributed by atoms with Crippen LogP contribution in [0.25, 0.3) is 0 Å². The fourth-order valence-electron chi connectivity index (χ4n) is 2.26. The molecule has 0 unspecified atom stereocenters. The molecular formula is C14H20BrN3O. The Balaban J connectivity index is 1.46. The number of aromatic nitrogens is 1. The summed E-state index contributed by atoms with van der Waals surface area (Å²) in [6.45, 7) is 1.74. The number of halogens is 1. The largest absolute Gasteiger partial charge is 0.351 e. The topological polar surface area (TPSA) is 46.1 Å². The first-order chi connectivity index (χ1) is 9.24. The molecule has 1 amide bonds. The molecule has 2 N–H and O–H groups in total. The molecule has 3 rings (SSSR count). The molecule has 5 heteroatoms. The van der Waals surface area contributed by atoms with Crippen LogP contribution < -0.4 is 10.6 Å². The fraction of sp³-hybridized carbons (Fsp3) is 0.643. The van der Waals surface area contributed by atoms with Gasteiger partial charge in [-0.05, 0) is 60.6 Å². The molecule has 2 saturated carbocycles. The standard InChI is InChI=1S/C14H20BrN3O/c15-10-8-13(18(9-10)12-4-5-12)14(19)17-7-1-6-16-11-2-3-11/h8-9,11-12,16H,1-7H2,(H,17,19). The van der Waals surface area contributed by atoms with Crippen LogP contribution in [-0.2, 0) is 0 Å². The van der Waals surface area contributed by atoms with Gasteiger partial charge in [0.25, 0.3) is 5.91 Å². The molecule has 1 aromatic heterocycles. The fourth-order valence-corrected chi connectivity index (χ4v) is 2.69. The van der Waals surface area contributed by atoms with Crippen LogP contribution in [0.4, 0.5) is 0 Å². The Kier molecular flexibility index (Phi) is 3.93. The van der Waals surface area contributed by atoms with Gasteiger partial charge in [0.2, 0.25) is 0 Å². The van der Waals surface area contributed by atoms with E-state index in [0.29, 0.717) is 6.04 Å². The number of nitrogens with zero attached hydrogens (tertiary/aromatic N) is 1. The summed E-state index contributed by atoms with van der Waals surface area (Å²) >= 11 is 3.45. The highest BCUT2D eigenvalue weighted by Crippen LogP contribution is 2.37. The lowest BCUT2D eigenvalue weighted by Crippen LogP contribution is -2.29. The van der Waals surface area contributed by atoms with E-state index in [9.17, 15) is 4.79 Å². The molecule has 0 atom stereocenters. The zero-order chi connectivity index (χ0) is 13.2. The Morgan fingerprint density at radius 1 is 1.32 bits per heavy atom. The number of carbonyl (C=O) groups is 1. The van der Waals surface area contributed by atoms with Gasteiger partial charge in [0.05, 0.1) is 0 Å². The summed E-state index contributed by atoms with van der Waals surface area (Å²) in [7, 11) is 0. The average Bonchev–Trinajstić information content (AvgIpc) is 3.28. The average molecular weight is 326 g/mol. The third-order valence-electron chi connectivity index (χ3n) is 3.64. The third-order valence-corrected chi connectivity index (χ3v) is 4.07. The molecule has 19 heavy (non-hydrogen) atoms. The van der Waals surface area contributed by atoms with Gasteiger partial charge in [-0.25, -0.2) is 0 Å². The van der Waals surface area contributed by atoms with E-state index in [1.54, 1.807) is 0 Å². The molecule has 2 fully saturated rings. The second-order valence-corrected chi connectivity index (χ2v) is 6.44. The van der Waals surface area contributed by atoms with Gasteiger partial charge in [0, 0.05) is 29.3 Å². The lowest BCUT2D eigenvalue weighted by molar-refractivity contribution is 0.0944. The summed E-state index contributed by atoms with van der Waals surface area (Å²) in [6.07, 6.45) is 8.01. The van der Waals surface area contributed by atoms with Crippen molar-refractivity contribution >= 4 is 21.8 Å². The summed E-state index contributed by atoms with van der Waals surface area (Å²) in [4.78, 5) is 12.1. The SMILES string of the molecule is O=C(NCCCNC1CC1)c1cc(Br)cn1C1CC1. The van der Waals surface area contributed by atoms with Crippen molar-refractivity contribution < 1.29 is 4.79 Å². The minimum Gasteiger partial charge on any atom is -0.351 e. The molecule has 1 aromatic rings. The number of carbonyl (C=O) groups excluding carboxylic acids is 1. The third kappa shape index (κ3) is 3.60. The van der Waals surface area contributed by atoms with Crippen molar-refractivity contribution in [2.24, 2.45) is 0 Å². The van der Waals surface area contributed by atoms with Crippen LogP contribution in [0.1, 0.15) is 48.6 Å². The van der Waals surface area contributed by atoms with Crippen molar-refractivity contribution in [3.8, 4) is 0 Å². The molecule has 0 aliphatic heterocycles. The van der Waals surface area contributed by atoms with Gasteiger partial charge >= 0.3 is 0 Å². The summed E-state index contributed by atoms with van der Waals surface area (Å²) < 4.78 is 3.09. The number of rotatable bonds is 7. The summed E-state index contributed by atoms with van der Waals surface area (Å²) in [5.41, 5.74) is 0.782. The van der Waals surface area contributed by atoms with Crippen LogP contribution in [0.2, 0.25) is 0 Å². The molecule has 1 heterocycles. The molecular weight excluding hydrogens is 306 g/mol. The van der Waals surface area contributed by atoms with Crippen molar-refractivity contribution in [2.75, 3.05) is 13.1 Å². The lowest BCUT2D eigenvalue weighted by atomic mass is 10.3. The molecule has 2 aliphatic carbocycles. The number of hydrogen-bond donors (Lipinski definition) is 2. The second kappa shape index (κ2) is 5.67. The Bertz CT molecular complexity index is 463.